The van der Waals surface area contributed by atoms with Crippen LogP contribution >= 0.6 is 0 Å². The highest BCUT2D eigenvalue weighted by Crippen LogP contribution is 2.33. The highest BCUT2D eigenvalue weighted by atomic mass is 32.2. The van der Waals surface area contributed by atoms with Crippen molar-refractivity contribution in [1.82, 2.24) is 0 Å². The van der Waals surface area contributed by atoms with E-state index in [1.165, 1.54) is 18.2 Å². The third-order valence-corrected chi connectivity index (χ3v) is 4.86. The molecule has 1 atom stereocenters. The Morgan fingerprint density at radius 2 is 2.24 bits per heavy atom. The van der Waals surface area contributed by atoms with Crippen molar-refractivity contribution < 1.29 is 12.8 Å². The van der Waals surface area contributed by atoms with Gasteiger partial charge in [0.2, 0.25) is 0 Å². The predicted molar refractivity (Wildman–Crippen MR) is 64.3 cm³/mol. The fourth-order valence-electron chi connectivity index (χ4n) is 2.19. The molecule has 1 aromatic rings. The first-order chi connectivity index (χ1) is 7.95. The molecular formula is C11H15FN2O2S. The molecule has 2 rings (SSSR count). The molecule has 0 aliphatic carbocycles. The van der Waals surface area contributed by atoms with Crippen LogP contribution in [0.3, 0.4) is 0 Å². The van der Waals surface area contributed by atoms with Crippen molar-refractivity contribution >= 4 is 15.5 Å². The van der Waals surface area contributed by atoms with Crippen LogP contribution in [0.5, 0.6) is 0 Å². The molecule has 6 heteroatoms. The molecule has 2 N–H and O–H groups in total. The van der Waals surface area contributed by atoms with Gasteiger partial charge in [-0.3, -0.25) is 0 Å². The average molecular weight is 258 g/mol. The van der Waals surface area contributed by atoms with Crippen LogP contribution in [-0.4, -0.2) is 33.3 Å². The summed E-state index contributed by atoms with van der Waals surface area (Å²) in [5.74, 6) is -0.388. The van der Waals surface area contributed by atoms with Crippen molar-refractivity contribution in [1.29, 1.82) is 0 Å². The first-order valence-corrected chi connectivity index (χ1v) is 7.10. The zero-order chi connectivity index (χ0) is 12.6. The smallest absolute Gasteiger partial charge is 0.182 e. The lowest BCUT2D eigenvalue weighted by atomic mass is 10.2. The van der Waals surface area contributed by atoms with Gasteiger partial charge in [0.15, 0.2) is 9.84 Å². The Balaban J connectivity index is 2.59. The molecule has 1 unspecified atom stereocenters. The Morgan fingerprint density at radius 1 is 1.53 bits per heavy atom. The van der Waals surface area contributed by atoms with Crippen LogP contribution in [0.15, 0.2) is 23.1 Å². The van der Waals surface area contributed by atoms with Gasteiger partial charge in [0, 0.05) is 19.1 Å². The van der Waals surface area contributed by atoms with E-state index in [1.807, 2.05) is 4.90 Å². The number of rotatable bonds is 2. The quantitative estimate of drug-likeness (QED) is 0.796. The lowest BCUT2D eigenvalue weighted by Crippen LogP contribution is -2.45. The standard InChI is InChI=1S/C11H15FN2O2S/c1-8-7-17(15,16)11-3-2-9(12)6-10(11)14(8)5-4-13/h2-3,6,8H,4-5,7,13H2,1H3. The largest absolute Gasteiger partial charge is 0.365 e. The molecule has 1 aromatic carbocycles. The molecular weight excluding hydrogens is 243 g/mol. The lowest BCUT2D eigenvalue weighted by Gasteiger charge is -2.36. The Hall–Kier alpha value is -1.14. The molecule has 0 aromatic heterocycles. The number of halogens is 1. The summed E-state index contributed by atoms with van der Waals surface area (Å²) in [6.07, 6.45) is 0. The molecule has 0 spiro atoms. The van der Waals surface area contributed by atoms with Crippen LogP contribution in [0, 0.1) is 5.82 Å². The Bertz CT molecular complexity index is 530. The summed E-state index contributed by atoms with van der Waals surface area (Å²) < 4.78 is 37.2. The normalized spacial score (nSPS) is 22.3. The summed E-state index contributed by atoms with van der Waals surface area (Å²) in [4.78, 5) is 2.05. The summed E-state index contributed by atoms with van der Waals surface area (Å²) in [7, 11) is -3.31. The maximum Gasteiger partial charge on any atom is 0.182 e. The number of nitrogens with zero attached hydrogens (tertiary/aromatic N) is 1. The highest BCUT2D eigenvalue weighted by Gasteiger charge is 2.33. The molecule has 4 nitrogen and oxygen atoms in total. The average Bonchev–Trinajstić information content (AvgIpc) is 2.23. The van der Waals surface area contributed by atoms with Crippen LogP contribution in [0.4, 0.5) is 10.1 Å². The fraction of sp³-hybridized carbons (Fsp3) is 0.455. The fourth-order valence-corrected chi connectivity index (χ4v) is 3.96. The predicted octanol–water partition coefficient (Wildman–Crippen LogP) is 0.767. The zero-order valence-corrected chi connectivity index (χ0v) is 10.4. The summed E-state index contributed by atoms with van der Waals surface area (Å²) in [6, 6.07) is 3.58. The van der Waals surface area contributed by atoms with Gasteiger partial charge in [-0.1, -0.05) is 0 Å². The van der Waals surface area contributed by atoms with Crippen LogP contribution in [0.1, 0.15) is 6.92 Å². The minimum absolute atomic E-state index is 0.0473. The van der Waals surface area contributed by atoms with Gasteiger partial charge in [-0.2, -0.15) is 0 Å². The zero-order valence-electron chi connectivity index (χ0n) is 9.56. The van der Waals surface area contributed by atoms with Gasteiger partial charge in [-0.25, -0.2) is 12.8 Å². The second-order valence-electron chi connectivity index (χ2n) is 4.22. The molecule has 94 valence electrons. The number of nitrogens with two attached hydrogens (primary N) is 1. The van der Waals surface area contributed by atoms with E-state index in [0.717, 1.165) is 0 Å². The van der Waals surface area contributed by atoms with Gasteiger partial charge < -0.3 is 10.6 Å². The third-order valence-electron chi connectivity index (χ3n) is 2.93. The van der Waals surface area contributed by atoms with E-state index in [2.05, 4.69) is 0 Å². The van der Waals surface area contributed by atoms with Crippen molar-refractivity contribution in [3.63, 3.8) is 0 Å². The number of sulfone groups is 1. The molecule has 0 saturated carbocycles. The van der Waals surface area contributed by atoms with Crippen molar-refractivity contribution in [3.8, 4) is 0 Å². The number of anilines is 1. The molecule has 1 heterocycles. The van der Waals surface area contributed by atoms with Gasteiger partial charge in [0.05, 0.1) is 16.3 Å². The van der Waals surface area contributed by atoms with Crippen LogP contribution in [-0.2, 0) is 9.84 Å². The van der Waals surface area contributed by atoms with Crippen LogP contribution in [0.25, 0.3) is 0 Å². The monoisotopic (exact) mass is 258 g/mol. The second kappa shape index (κ2) is 4.27. The number of benzene rings is 1. The summed E-state index contributed by atoms with van der Waals surface area (Å²) in [5.41, 5.74) is 5.92. The minimum Gasteiger partial charge on any atom is -0.365 e. The van der Waals surface area contributed by atoms with Gasteiger partial charge in [0.25, 0.3) is 0 Å². The maximum absolute atomic E-state index is 13.2. The molecule has 0 saturated heterocycles. The number of hydrogen-bond donors (Lipinski definition) is 1. The van der Waals surface area contributed by atoms with Gasteiger partial charge in [-0.15, -0.1) is 0 Å². The Kier molecular flexibility index (Phi) is 3.09. The van der Waals surface area contributed by atoms with E-state index < -0.39 is 15.7 Å². The van der Waals surface area contributed by atoms with E-state index in [0.29, 0.717) is 18.8 Å². The van der Waals surface area contributed by atoms with E-state index in [9.17, 15) is 12.8 Å². The molecule has 0 radical (unpaired) electrons. The van der Waals surface area contributed by atoms with E-state index in [1.54, 1.807) is 6.92 Å². The Labute approximate surface area is 100 Å². The maximum atomic E-state index is 13.2. The van der Waals surface area contributed by atoms with Crippen molar-refractivity contribution in [2.75, 3.05) is 23.7 Å². The Morgan fingerprint density at radius 3 is 2.88 bits per heavy atom. The molecule has 0 amide bonds. The second-order valence-corrected chi connectivity index (χ2v) is 6.23. The van der Waals surface area contributed by atoms with Crippen molar-refractivity contribution in [2.45, 2.75) is 17.9 Å². The van der Waals surface area contributed by atoms with E-state index in [-0.39, 0.29) is 16.7 Å². The molecule has 1 aliphatic heterocycles. The molecule has 0 fully saturated rings. The topological polar surface area (TPSA) is 63.4 Å². The van der Waals surface area contributed by atoms with Crippen LogP contribution < -0.4 is 10.6 Å². The van der Waals surface area contributed by atoms with Gasteiger partial charge in [0.1, 0.15) is 5.82 Å². The van der Waals surface area contributed by atoms with Crippen molar-refractivity contribution in [2.24, 2.45) is 5.73 Å². The third kappa shape index (κ3) is 2.14. The number of fused-ring (bicyclic) bond motifs is 1. The van der Waals surface area contributed by atoms with Crippen LogP contribution in [0.2, 0.25) is 0 Å². The summed E-state index contributed by atoms with van der Waals surface area (Å²) in [6.45, 7) is 2.73. The lowest BCUT2D eigenvalue weighted by molar-refractivity contribution is 0.568. The summed E-state index contributed by atoms with van der Waals surface area (Å²) >= 11 is 0. The molecule has 1 aliphatic rings. The van der Waals surface area contributed by atoms with Crippen molar-refractivity contribution in [3.05, 3.63) is 24.0 Å². The minimum atomic E-state index is -3.31. The SMILES string of the molecule is CC1CS(=O)(=O)c2ccc(F)cc2N1CCN. The van der Waals surface area contributed by atoms with E-state index >= 15 is 0 Å². The highest BCUT2D eigenvalue weighted by molar-refractivity contribution is 7.91. The van der Waals surface area contributed by atoms with E-state index in [4.69, 9.17) is 5.73 Å². The number of hydrogen-bond acceptors (Lipinski definition) is 4. The van der Waals surface area contributed by atoms with Gasteiger partial charge >= 0.3 is 0 Å². The first kappa shape index (κ1) is 12.3. The van der Waals surface area contributed by atoms with Gasteiger partial charge in [-0.05, 0) is 25.1 Å². The first-order valence-electron chi connectivity index (χ1n) is 5.45. The summed E-state index contributed by atoms with van der Waals surface area (Å²) in [5, 5.41) is 0. The molecule has 17 heavy (non-hydrogen) atoms. The molecule has 0 bridgehead atoms.